The van der Waals surface area contributed by atoms with Crippen LogP contribution < -0.4 is 9.83 Å². The van der Waals surface area contributed by atoms with Crippen LogP contribution >= 0.6 is 8.03 Å². The minimum atomic E-state index is -2.13. The van der Waals surface area contributed by atoms with Crippen LogP contribution in [0.2, 0.25) is 0 Å². The highest BCUT2D eigenvalue weighted by Gasteiger charge is 2.21. The van der Waals surface area contributed by atoms with Gasteiger partial charge >= 0.3 is 0 Å². The first-order chi connectivity index (χ1) is 7.75. The summed E-state index contributed by atoms with van der Waals surface area (Å²) in [6, 6.07) is 13.7. The standard InChI is InChI=1S/C13H11O2P/c1-9-6-7-10-11-4-2-3-5-13(11)16(14)15-12(10)8-9/h2-8,16H,1H3. The van der Waals surface area contributed by atoms with E-state index in [1.54, 1.807) is 0 Å². The Bertz CT molecular complexity index is 590. The van der Waals surface area contributed by atoms with Crippen LogP contribution in [0.4, 0.5) is 0 Å². The van der Waals surface area contributed by atoms with Crippen molar-refractivity contribution in [3.63, 3.8) is 0 Å². The van der Waals surface area contributed by atoms with Gasteiger partial charge in [-0.2, -0.15) is 0 Å². The predicted molar refractivity (Wildman–Crippen MR) is 65.9 cm³/mol. The summed E-state index contributed by atoms with van der Waals surface area (Å²) >= 11 is 0. The lowest BCUT2D eigenvalue weighted by Gasteiger charge is -2.20. The van der Waals surface area contributed by atoms with Crippen molar-refractivity contribution in [2.24, 2.45) is 0 Å². The van der Waals surface area contributed by atoms with Gasteiger partial charge in [0.2, 0.25) is 0 Å². The second kappa shape index (κ2) is 3.50. The van der Waals surface area contributed by atoms with E-state index in [0.717, 1.165) is 27.7 Å². The van der Waals surface area contributed by atoms with E-state index in [2.05, 4.69) is 0 Å². The maximum Gasteiger partial charge on any atom is 0.266 e. The lowest BCUT2D eigenvalue weighted by atomic mass is 10.0. The summed E-state index contributed by atoms with van der Waals surface area (Å²) in [4.78, 5) is 0. The molecule has 2 aromatic carbocycles. The third-order valence-corrected chi connectivity index (χ3v) is 4.06. The van der Waals surface area contributed by atoms with E-state index < -0.39 is 8.03 Å². The molecule has 3 heteroatoms. The number of aryl methyl sites for hydroxylation is 1. The van der Waals surface area contributed by atoms with Gasteiger partial charge in [0.1, 0.15) is 5.75 Å². The number of hydrogen-bond acceptors (Lipinski definition) is 2. The highest BCUT2D eigenvalue weighted by molar-refractivity contribution is 7.49. The average molecular weight is 230 g/mol. The van der Waals surface area contributed by atoms with E-state index in [-0.39, 0.29) is 0 Å². The van der Waals surface area contributed by atoms with Gasteiger partial charge in [0.15, 0.2) is 0 Å². The van der Waals surface area contributed by atoms with E-state index in [9.17, 15) is 4.57 Å². The molecule has 0 saturated carbocycles. The predicted octanol–water partition coefficient (Wildman–Crippen LogP) is 3.15. The van der Waals surface area contributed by atoms with E-state index >= 15 is 0 Å². The minimum absolute atomic E-state index is 0.739. The summed E-state index contributed by atoms with van der Waals surface area (Å²) in [5.74, 6) is 0.739. The molecule has 1 aliphatic rings. The maximum absolute atomic E-state index is 11.9. The summed E-state index contributed by atoms with van der Waals surface area (Å²) in [7, 11) is -2.13. The fourth-order valence-corrected chi connectivity index (χ4v) is 3.14. The molecular formula is C13H11O2P. The van der Waals surface area contributed by atoms with Crippen molar-refractivity contribution in [3.05, 3.63) is 48.0 Å². The van der Waals surface area contributed by atoms with E-state index in [1.165, 1.54) is 0 Å². The number of fused-ring (bicyclic) bond motifs is 3. The van der Waals surface area contributed by atoms with Gasteiger partial charge in [-0.25, -0.2) is 0 Å². The molecule has 0 aliphatic carbocycles. The Balaban J connectivity index is 2.32. The zero-order valence-electron chi connectivity index (χ0n) is 8.86. The Morgan fingerprint density at radius 3 is 2.75 bits per heavy atom. The molecule has 0 aromatic heterocycles. The summed E-state index contributed by atoms with van der Waals surface area (Å²) in [6.45, 7) is 2.00. The summed E-state index contributed by atoms with van der Waals surface area (Å²) in [6.07, 6.45) is 0. The molecule has 0 saturated heterocycles. The largest absolute Gasteiger partial charge is 0.441 e. The highest BCUT2D eigenvalue weighted by atomic mass is 31.1. The molecule has 1 unspecified atom stereocenters. The molecule has 0 N–H and O–H groups in total. The topological polar surface area (TPSA) is 26.3 Å². The fraction of sp³-hybridized carbons (Fsp3) is 0.0769. The van der Waals surface area contributed by atoms with Gasteiger partial charge in [0, 0.05) is 5.56 Å². The Morgan fingerprint density at radius 2 is 1.88 bits per heavy atom. The van der Waals surface area contributed by atoms with Crippen LogP contribution in [0.3, 0.4) is 0 Å². The molecule has 1 aliphatic heterocycles. The van der Waals surface area contributed by atoms with Gasteiger partial charge in [0.05, 0.1) is 5.30 Å². The molecule has 1 atom stereocenters. The van der Waals surface area contributed by atoms with Crippen LogP contribution in [0.5, 0.6) is 5.75 Å². The van der Waals surface area contributed by atoms with Gasteiger partial charge in [-0.05, 0) is 30.2 Å². The molecule has 0 bridgehead atoms. The molecule has 0 radical (unpaired) electrons. The molecule has 16 heavy (non-hydrogen) atoms. The van der Waals surface area contributed by atoms with Crippen molar-refractivity contribution in [1.82, 2.24) is 0 Å². The van der Waals surface area contributed by atoms with Crippen molar-refractivity contribution in [2.45, 2.75) is 6.92 Å². The third kappa shape index (κ3) is 1.38. The van der Waals surface area contributed by atoms with Gasteiger partial charge in [0.25, 0.3) is 8.03 Å². The van der Waals surface area contributed by atoms with Crippen LogP contribution in [0.15, 0.2) is 42.5 Å². The van der Waals surface area contributed by atoms with Crippen LogP contribution in [-0.2, 0) is 4.57 Å². The van der Waals surface area contributed by atoms with Gasteiger partial charge in [-0.3, -0.25) is 4.57 Å². The van der Waals surface area contributed by atoms with Crippen molar-refractivity contribution >= 4 is 13.3 Å². The first kappa shape index (κ1) is 9.68. The molecule has 3 rings (SSSR count). The molecular weight excluding hydrogens is 219 g/mol. The lowest BCUT2D eigenvalue weighted by molar-refractivity contribution is 0.513. The molecule has 0 amide bonds. The highest BCUT2D eigenvalue weighted by Crippen LogP contribution is 2.42. The lowest BCUT2D eigenvalue weighted by Crippen LogP contribution is -2.09. The zero-order chi connectivity index (χ0) is 11.1. The minimum Gasteiger partial charge on any atom is -0.441 e. The Labute approximate surface area is 94.8 Å². The van der Waals surface area contributed by atoms with E-state index in [1.807, 2.05) is 49.4 Å². The number of rotatable bonds is 0. The molecule has 0 spiro atoms. The second-order valence-electron chi connectivity index (χ2n) is 3.93. The van der Waals surface area contributed by atoms with Crippen LogP contribution in [0.25, 0.3) is 11.1 Å². The Kier molecular flexibility index (Phi) is 2.12. The van der Waals surface area contributed by atoms with Crippen LogP contribution in [0, 0.1) is 6.92 Å². The smallest absolute Gasteiger partial charge is 0.266 e. The van der Waals surface area contributed by atoms with Crippen molar-refractivity contribution in [1.29, 1.82) is 0 Å². The summed E-state index contributed by atoms with van der Waals surface area (Å²) in [5.41, 5.74) is 3.19. The van der Waals surface area contributed by atoms with E-state index in [0.29, 0.717) is 0 Å². The van der Waals surface area contributed by atoms with Gasteiger partial charge < -0.3 is 4.52 Å². The van der Waals surface area contributed by atoms with E-state index in [4.69, 9.17) is 4.52 Å². The van der Waals surface area contributed by atoms with Gasteiger partial charge in [-0.15, -0.1) is 0 Å². The Hall–Kier alpha value is -1.53. The normalized spacial score (nSPS) is 17.2. The first-order valence-corrected chi connectivity index (χ1v) is 6.49. The quantitative estimate of drug-likeness (QED) is 0.650. The van der Waals surface area contributed by atoms with Gasteiger partial charge in [-0.1, -0.05) is 30.3 Å². The summed E-state index contributed by atoms with van der Waals surface area (Å²) in [5, 5.41) is 0.823. The number of benzene rings is 2. The maximum atomic E-state index is 11.9. The zero-order valence-corrected chi connectivity index (χ0v) is 9.86. The average Bonchev–Trinajstić information content (AvgIpc) is 2.29. The monoisotopic (exact) mass is 230 g/mol. The van der Waals surface area contributed by atoms with Crippen LogP contribution in [-0.4, -0.2) is 0 Å². The Morgan fingerprint density at radius 1 is 1.06 bits per heavy atom. The molecule has 0 fully saturated rings. The SMILES string of the molecule is Cc1ccc2c(c1)O[PH](=O)c1ccccc1-2. The van der Waals surface area contributed by atoms with Crippen molar-refractivity contribution < 1.29 is 9.09 Å². The molecule has 2 nitrogen and oxygen atoms in total. The van der Waals surface area contributed by atoms with Crippen molar-refractivity contribution in [3.8, 4) is 16.9 Å². The molecule has 2 aromatic rings. The number of hydrogen-bond donors (Lipinski definition) is 0. The first-order valence-electron chi connectivity index (χ1n) is 5.18. The van der Waals surface area contributed by atoms with Crippen LogP contribution in [0.1, 0.15) is 5.56 Å². The second-order valence-corrected chi connectivity index (χ2v) is 5.25. The fourth-order valence-electron chi connectivity index (χ4n) is 1.99. The molecule has 1 heterocycles. The third-order valence-electron chi connectivity index (χ3n) is 2.78. The van der Waals surface area contributed by atoms with Crippen molar-refractivity contribution in [2.75, 3.05) is 0 Å². The molecule has 80 valence electrons. The summed E-state index contributed by atoms with van der Waals surface area (Å²) < 4.78 is 17.4.